The molecule has 0 spiro atoms. The van der Waals surface area contributed by atoms with E-state index in [4.69, 9.17) is 10.8 Å². The number of carboxylic acids is 1. The van der Waals surface area contributed by atoms with Crippen molar-refractivity contribution >= 4 is 44.4 Å². The van der Waals surface area contributed by atoms with E-state index in [9.17, 15) is 31.6 Å². The van der Waals surface area contributed by atoms with E-state index in [2.05, 4.69) is 14.4 Å². The molecule has 3 aromatic carbocycles. The third-order valence-electron chi connectivity index (χ3n) is 5.21. The number of benzene rings is 3. The van der Waals surface area contributed by atoms with Gasteiger partial charge in [-0.25, -0.2) is 18.6 Å². The Bertz CT molecular complexity index is 1660. The highest BCUT2D eigenvalue weighted by atomic mass is 32.2. The van der Waals surface area contributed by atoms with E-state index in [-0.39, 0.29) is 11.4 Å². The third-order valence-corrected chi connectivity index (χ3v) is 6.49. The number of rotatable bonds is 7. The van der Waals surface area contributed by atoms with Crippen LogP contribution in [0, 0.1) is 11.6 Å². The van der Waals surface area contributed by atoms with Crippen LogP contribution in [0.1, 0.15) is 32.5 Å². The van der Waals surface area contributed by atoms with E-state index in [0.29, 0.717) is 17.1 Å². The van der Waals surface area contributed by atoms with Gasteiger partial charge in [0.25, 0.3) is 10.0 Å². The summed E-state index contributed by atoms with van der Waals surface area (Å²) < 4.78 is 55.7. The molecule has 0 amide bonds. The van der Waals surface area contributed by atoms with Gasteiger partial charge < -0.3 is 15.8 Å². The van der Waals surface area contributed by atoms with Crippen LogP contribution in [0.2, 0.25) is 0 Å². The van der Waals surface area contributed by atoms with Crippen molar-refractivity contribution in [3.63, 3.8) is 0 Å². The van der Waals surface area contributed by atoms with Gasteiger partial charge in [-0.05, 0) is 36.4 Å². The van der Waals surface area contributed by atoms with Crippen LogP contribution in [-0.4, -0.2) is 46.9 Å². The Balaban J connectivity index is 1.84. The first-order chi connectivity index (χ1) is 17.5. The Morgan fingerprint density at radius 2 is 1.57 bits per heavy atom. The van der Waals surface area contributed by atoms with Crippen LogP contribution < -0.4 is 5.73 Å². The Labute approximate surface area is 207 Å². The summed E-state index contributed by atoms with van der Waals surface area (Å²) in [6.45, 7) is 0. The average molecular weight is 526 g/mol. The SMILES string of the molecule is NC(=NS(=O)(=O)c1cccc(C(=O)C(C(=O)c2cc(F)cc(F)c2)c2nc3ccccc3[nH]2)c1)C(=O)O. The molecule has 0 saturated carbocycles. The number of halogens is 2. The van der Waals surface area contributed by atoms with Gasteiger partial charge in [0, 0.05) is 17.2 Å². The highest BCUT2D eigenvalue weighted by Crippen LogP contribution is 2.28. The first kappa shape index (κ1) is 25.3. The number of ketones is 2. The van der Waals surface area contributed by atoms with Crippen LogP contribution in [0.3, 0.4) is 0 Å². The van der Waals surface area contributed by atoms with Gasteiger partial charge in [0.1, 0.15) is 23.4 Å². The number of nitrogens with two attached hydrogens (primary N) is 1. The summed E-state index contributed by atoms with van der Waals surface area (Å²) in [5.74, 6) is -8.86. The summed E-state index contributed by atoms with van der Waals surface area (Å²) >= 11 is 0. The minimum absolute atomic E-state index is 0.137. The van der Waals surface area contributed by atoms with Crippen molar-refractivity contribution in [3.05, 3.63) is 95.3 Å². The molecule has 0 radical (unpaired) electrons. The van der Waals surface area contributed by atoms with Crippen LogP contribution >= 0.6 is 0 Å². The van der Waals surface area contributed by atoms with Crippen LogP contribution in [0.4, 0.5) is 8.78 Å². The topological polar surface area (TPSA) is 173 Å². The second-order valence-corrected chi connectivity index (χ2v) is 9.35. The number of hydrogen-bond donors (Lipinski definition) is 3. The number of aromatic nitrogens is 2. The van der Waals surface area contributed by atoms with Gasteiger partial charge in [-0.15, -0.1) is 4.40 Å². The number of carbonyl (C=O) groups is 3. The number of nitrogens with zero attached hydrogens (tertiary/aromatic N) is 2. The normalized spacial score (nSPS) is 12.9. The number of sulfonamides is 1. The molecule has 4 aromatic rings. The number of nitrogens with one attached hydrogen (secondary N) is 1. The Morgan fingerprint density at radius 1 is 0.919 bits per heavy atom. The second kappa shape index (κ2) is 9.70. The summed E-state index contributed by atoms with van der Waals surface area (Å²) in [7, 11) is -4.63. The molecule has 0 aliphatic heterocycles. The molecule has 4 N–H and O–H groups in total. The molecule has 1 atom stereocenters. The quantitative estimate of drug-likeness (QED) is 0.143. The molecule has 0 saturated heterocycles. The predicted octanol–water partition coefficient (Wildman–Crippen LogP) is 2.82. The number of para-hydroxylation sites is 2. The molecule has 13 heteroatoms. The number of fused-ring (bicyclic) bond motifs is 1. The lowest BCUT2D eigenvalue weighted by atomic mass is 9.89. The van der Waals surface area contributed by atoms with E-state index in [1.54, 1.807) is 24.3 Å². The van der Waals surface area contributed by atoms with Gasteiger partial charge in [0.2, 0.25) is 5.84 Å². The maximum atomic E-state index is 13.9. The molecule has 37 heavy (non-hydrogen) atoms. The number of H-pyrrole nitrogens is 1. The second-order valence-electron chi connectivity index (χ2n) is 7.74. The lowest BCUT2D eigenvalue weighted by Crippen LogP contribution is -2.25. The molecule has 0 fully saturated rings. The van der Waals surface area contributed by atoms with Gasteiger partial charge in [0.05, 0.1) is 15.9 Å². The van der Waals surface area contributed by atoms with Gasteiger partial charge in [-0.2, -0.15) is 8.42 Å². The zero-order valence-corrected chi connectivity index (χ0v) is 19.4. The molecule has 0 bridgehead atoms. The molecule has 1 aromatic heterocycles. The van der Waals surface area contributed by atoms with Crippen LogP contribution in [0.5, 0.6) is 0 Å². The summed E-state index contributed by atoms with van der Waals surface area (Å²) in [6.07, 6.45) is 0. The fourth-order valence-electron chi connectivity index (χ4n) is 3.54. The number of hydrogen-bond acceptors (Lipinski definition) is 6. The highest BCUT2D eigenvalue weighted by Gasteiger charge is 2.34. The molecular weight excluding hydrogens is 510 g/mol. The molecule has 188 valence electrons. The Morgan fingerprint density at radius 3 is 2.22 bits per heavy atom. The van der Waals surface area contributed by atoms with E-state index >= 15 is 0 Å². The van der Waals surface area contributed by atoms with Crippen molar-refractivity contribution in [3.8, 4) is 0 Å². The lowest BCUT2D eigenvalue weighted by Gasteiger charge is -2.14. The molecule has 0 aliphatic carbocycles. The van der Waals surface area contributed by atoms with E-state index in [0.717, 1.165) is 24.3 Å². The number of imidazole rings is 1. The maximum absolute atomic E-state index is 13.9. The van der Waals surface area contributed by atoms with Crippen molar-refractivity contribution < 1.29 is 36.7 Å². The van der Waals surface area contributed by atoms with Crippen molar-refractivity contribution in [2.45, 2.75) is 10.8 Å². The van der Waals surface area contributed by atoms with Gasteiger partial charge in [0.15, 0.2) is 11.6 Å². The minimum atomic E-state index is -4.63. The lowest BCUT2D eigenvalue weighted by molar-refractivity contribution is -0.129. The minimum Gasteiger partial charge on any atom is -0.475 e. The molecular formula is C24H16F2N4O6S. The fourth-order valence-corrected chi connectivity index (χ4v) is 4.51. The first-order valence-electron chi connectivity index (χ1n) is 10.4. The highest BCUT2D eigenvalue weighted by molar-refractivity contribution is 7.90. The molecule has 1 unspecified atom stereocenters. The van der Waals surface area contributed by atoms with Crippen LogP contribution in [-0.2, 0) is 14.8 Å². The average Bonchev–Trinajstić information content (AvgIpc) is 3.26. The molecule has 10 nitrogen and oxygen atoms in total. The summed E-state index contributed by atoms with van der Waals surface area (Å²) in [4.78, 5) is 44.4. The smallest absolute Gasteiger partial charge is 0.372 e. The largest absolute Gasteiger partial charge is 0.475 e. The fraction of sp³-hybridized carbons (Fsp3) is 0.0417. The van der Waals surface area contributed by atoms with Crippen molar-refractivity contribution in [2.24, 2.45) is 10.1 Å². The number of aliphatic carboxylic acids is 1. The van der Waals surface area contributed by atoms with Crippen molar-refractivity contribution in [1.29, 1.82) is 0 Å². The number of carbonyl (C=O) groups excluding carboxylic acids is 2. The zero-order valence-electron chi connectivity index (χ0n) is 18.6. The molecule has 0 aliphatic rings. The van der Waals surface area contributed by atoms with Crippen molar-refractivity contribution in [1.82, 2.24) is 9.97 Å². The maximum Gasteiger partial charge on any atom is 0.372 e. The summed E-state index contributed by atoms with van der Waals surface area (Å²) in [5.41, 5.74) is 5.26. The molecule has 1 heterocycles. The summed E-state index contributed by atoms with van der Waals surface area (Å²) in [5, 5.41) is 8.83. The number of Topliss-reactive ketones (excluding diaryl/α,β-unsaturated/α-hetero) is 2. The van der Waals surface area contributed by atoms with E-state index < -0.39 is 61.4 Å². The standard InChI is InChI=1S/C24H16F2N4O6S/c25-14-8-13(9-15(26)11-14)21(32)19(23-28-17-6-1-2-7-18(17)29-23)20(31)12-4-3-5-16(10-12)37(35,36)30-22(27)24(33)34/h1-11,19H,(H2,27,30)(H,28,29)(H,33,34). The zero-order chi connectivity index (χ0) is 26.9. The van der Waals surface area contributed by atoms with Crippen LogP contribution in [0.25, 0.3) is 11.0 Å². The number of carboxylic acid groups (broad SMARTS) is 1. The van der Waals surface area contributed by atoms with Gasteiger partial charge >= 0.3 is 5.97 Å². The monoisotopic (exact) mass is 526 g/mol. The van der Waals surface area contributed by atoms with Gasteiger partial charge in [-0.1, -0.05) is 24.3 Å². The van der Waals surface area contributed by atoms with E-state index in [1.807, 2.05) is 0 Å². The summed E-state index contributed by atoms with van der Waals surface area (Å²) in [6, 6.07) is 13.0. The first-order valence-corrected chi connectivity index (χ1v) is 11.8. The van der Waals surface area contributed by atoms with Gasteiger partial charge in [-0.3, -0.25) is 9.59 Å². The Hall–Kier alpha value is -4.78. The van der Waals surface area contributed by atoms with Crippen molar-refractivity contribution in [2.75, 3.05) is 0 Å². The predicted molar refractivity (Wildman–Crippen MR) is 127 cm³/mol. The molecule has 4 rings (SSSR count). The van der Waals surface area contributed by atoms with Crippen LogP contribution in [0.15, 0.2) is 76.0 Å². The van der Waals surface area contributed by atoms with E-state index in [1.165, 1.54) is 12.1 Å². The number of aromatic amines is 1. The number of amidine groups is 1. The Kier molecular flexibility index (Phi) is 6.64. The third kappa shape index (κ3) is 5.26.